The lowest BCUT2D eigenvalue weighted by atomic mass is 9.96. The Labute approximate surface area is 281 Å². The fraction of sp³-hybridized carbons (Fsp3) is 0.206. The molecule has 0 saturated heterocycles. The molecule has 1 heterocycles. The third-order valence-corrected chi connectivity index (χ3v) is 8.98. The summed E-state index contributed by atoms with van der Waals surface area (Å²) < 4.78 is 21.4. The number of fused-ring (bicyclic) bond motifs is 1. The number of aryl methyl sites for hydroxylation is 1. The van der Waals surface area contributed by atoms with Crippen molar-refractivity contribution >= 4 is 64.9 Å². The fourth-order valence-corrected chi connectivity index (χ4v) is 6.58. The molecule has 0 fully saturated rings. The summed E-state index contributed by atoms with van der Waals surface area (Å²) >= 11 is 10.7. The van der Waals surface area contributed by atoms with Gasteiger partial charge in [0.15, 0.2) is 17.3 Å². The topological polar surface area (TPSA) is 74.9 Å². The molecule has 4 aromatic carbocycles. The van der Waals surface area contributed by atoms with E-state index in [0.717, 1.165) is 36.9 Å². The first kappa shape index (κ1) is 31.9. The van der Waals surface area contributed by atoms with Crippen LogP contribution < -0.4 is 19.8 Å². The highest BCUT2D eigenvalue weighted by Crippen LogP contribution is 2.38. The van der Waals surface area contributed by atoms with Crippen LogP contribution in [-0.2, 0) is 6.61 Å². The number of ether oxygens (including phenoxy) is 3. The Morgan fingerprint density at radius 3 is 2.39 bits per heavy atom. The van der Waals surface area contributed by atoms with Crippen LogP contribution in [0.1, 0.15) is 42.0 Å². The predicted molar refractivity (Wildman–Crippen MR) is 187 cm³/mol. The van der Waals surface area contributed by atoms with Crippen LogP contribution in [0.3, 0.4) is 0 Å². The number of halogens is 3. The number of hydrogen-bond donors (Lipinski definition) is 0. The van der Waals surface area contributed by atoms with Crippen molar-refractivity contribution in [2.24, 2.45) is 5.10 Å². The number of methoxy groups -OCH3 is 2. The molecule has 0 aliphatic rings. The van der Waals surface area contributed by atoms with E-state index >= 15 is 0 Å². The molecule has 0 amide bonds. The van der Waals surface area contributed by atoms with Crippen LogP contribution in [0.5, 0.6) is 17.2 Å². The molecule has 0 aliphatic heterocycles. The van der Waals surface area contributed by atoms with Crippen LogP contribution >= 0.6 is 47.8 Å². The minimum absolute atomic E-state index is 0.198. The predicted octanol–water partition coefficient (Wildman–Crippen LogP) is 9.26. The standard InChI is InChI=1S/C34H30Br3N3O4/c1-19(2)25-16-26(20(3)12-30(25)42-4)33-39-29-9-7-6-8-24(29)34(41)40(33)38-17-21-13-28(37)32(31(14-21)43-5)44-18-22-10-11-23(35)15-27(22)36/h6-17,19H,18H2,1-5H3. The molecule has 0 radical (unpaired) electrons. The first-order valence-electron chi connectivity index (χ1n) is 13.8. The van der Waals surface area contributed by atoms with E-state index in [0.29, 0.717) is 44.9 Å². The van der Waals surface area contributed by atoms with Gasteiger partial charge in [-0.05, 0) is 94.0 Å². The molecule has 0 aliphatic carbocycles. The maximum Gasteiger partial charge on any atom is 0.282 e. The van der Waals surface area contributed by atoms with E-state index in [2.05, 4.69) is 66.7 Å². The molecule has 0 spiro atoms. The van der Waals surface area contributed by atoms with E-state index in [1.54, 1.807) is 26.5 Å². The van der Waals surface area contributed by atoms with Gasteiger partial charge in [0.25, 0.3) is 5.56 Å². The second kappa shape index (κ2) is 13.7. The lowest BCUT2D eigenvalue weighted by Crippen LogP contribution is -2.20. The molecular weight excluding hydrogens is 754 g/mol. The molecule has 0 unspecified atom stereocenters. The van der Waals surface area contributed by atoms with Crippen molar-refractivity contribution < 1.29 is 14.2 Å². The van der Waals surface area contributed by atoms with Crippen LogP contribution in [0.4, 0.5) is 0 Å². The quantitative estimate of drug-likeness (QED) is 0.140. The summed E-state index contributed by atoms with van der Waals surface area (Å²) in [5.74, 6) is 2.51. The SMILES string of the molecule is COc1cc(C)c(-c2nc3ccccc3c(=O)n2N=Cc2cc(Br)c(OCc3ccc(Br)cc3Br)c(OC)c2)cc1C(C)C. The number of nitrogens with zero attached hydrogens (tertiary/aromatic N) is 3. The number of para-hydroxylation sites is 1. The van der Waals surface area contributed by atoms with Crippen LogP contribution in [0.25, 0.3) is 22.3 Å². The molecule has 7 nitrogen and oxygen atoms in total. The Hall–Kier alpha value is -3.47. The smallest absolute Gasteiger partial charge is 0.282 e. The van der Waals surface area contributed by atoms with Crippen molar-refractivity contribution in [3.8, 4) is 28.6 Å². The van der Waals surface area contributed by atoms with Gasteiger partial charge in [-0.3, -0.25) is 4.79 Å². The van der Waals surface area contributed by atoms with Gasteiger partial charge < -0.3 is 14.2 Å². The molecule has 5 rings (SSSR count). The Morgan fingerprint density at radius 2 is 1.68 bits per heavy atom. The summed E-state index contributed by atoms with van der Waals surface area (Å²) in [6.07, 6.45) is 1.62. The Morgan fingerprint density at radius 1 is 0.932 bits per heavy atom. The minimum atomic E-state index is -0.269. The summed E-state index contributed by atoms with van der Waals surface area (Å²) in [5.41, 5.74) is 4.75. The molecule has 1 aromatic heterocycles. The van der Waals surface area contributed by atoms with Gasteiger partial charge in [-0.15, -0.1) is 0 Å². The van der Waals surface area contributed by atoms with Crippen molar-refractivity contribution in [1.82, 2.24) is 9.66 Å². The molecule has 0 N–H and O–H groups in total. The summed E-state index contributed by atoms with van der Waals surface area (Å²) in [7, 11) is 3.25. The number of rotatable bonds is 9. The highest BCUT2D eigenvalue weighted by Gasteiger charge is 2.19. The van der Waals surface area contributed by atoms with Crippen molar-refractivity contribution in [3.63, 3.8) is 0 Å². The van der Waals surface area contributed by atoms with Gasteiger partial charge in [-0.25, -0.2) is 4.98 Å². The van der Waals surface area contributed by atoms with Crippen molar-refractivity contribution in [1.29, 1.82) is 0 Å². The van der Waals surface area contributed by atoms with Crippen LogP contribution in [-0.4, -0.2) is 30.1 Å². The molecule has 0 atom stereocenters. The molecule has 10 heteroatoms. The maximum atomic E-state index is 13.8. The largest absolute Gasteiger partial charge is 0.496 e. The molecule has 44 heavy (non-hydrogen) atoms. The number of benzene rings is 4. The summed E-state index contributed by atoms with van der Waals surface area (Å²) in [6.45, 7) is 6.51. The van der Waals surface area contributed by atoms with Crippen molar-refractivity contribution in [2.75, 3.05) is 14.2 Å². The minimum Gasteiger partial charge on any atom is -0.496 e. The zero-order chi connectivity index (χ0) is 31.5. The van der Waals surface area contributed by atoms with Gasteiger partial charge in [0.2, 0.25) is 0 Å². The Bertz CT molecular complexity index is 1950. The zero-order valence-corrected chi connectivity index (χ0v) is 29.6. The van der Waals surface area contributed by atoms with Gasteiger partial charge in [0, 0.05) is 20.1 Å². The first-order valence-corrected chi connectivity index (χ1v) is 16.2. The Balaban J connectivity index is 1.58. The van der Waals surface area contributed by atoms with E-state index < -0.39 is 0 Å². The normalized spacial score (nSPS) is 11.5. The van der Waals surface area contributed by atoms with Crippen molar-refractivity contribution in [3.05, 3.63) is 113 Å². The van der Waals surface area contributed by atoms with Gasteiger partial charge in [-0.1, -0.05) is 63.9 Å². The molecule has 0 saturated carbocycles. The average Bonchev–Trinajstić information content (AvgIpc) is 3.00. The fourth-order valence-electron chi connectivity index (χ4n) is 4.84. The monoisotopic (exact) mass is 781 g/mol. The zero-order valence-electron chi connectivity index (χ0n) is 24.8. The van der Waals surface area contributed by atoms with Gasteiger partial charge >= 0.3 is 0 Å². The second-order valence-electron chi connectivity index (χ2n) is 10.4. The molecule has 0 bridgehead atoms. The first-order chi connectivity index (χ1) is 21.1. The van der Waals surface area contributed by atoms with Crippen molar-refractivity contribution in [2.45, 2.75) is 33.3 Å². The van der Waals surface area contributed by atoms with E-state index in [1.807, 2.05) is 67.6 Å². The van der Waals surface area contributed by atoms with E-state index in [-0.39, 0.29) is 11.5 Å². The number of hydrogen-bond acceptors (Lipinski definition) is 6. The van der Waals surface area contributed by atoms with E-state index in [4.69, 9.17) is 19.2 Å². The van der Waals surface area contributed by atoms with Crippen LogP contribution in [0.15, 0.2) is 90.0 Å². The average molecular weight is 784 g/mol. The highest BCUT2D eigenvalue weighted by molar-refractivity contribution is 9.11. The third kappa shape index (κ3) is 6.62. The summed E-state index contributed by atoms with van der Waals surface area (Å²) in [4.78, 5) is 18.7. The lowest BCUT2D eigenvalue weighted by Gasteiger charge is -2.17. The summed E-state index contributed by atoms with van der Waals surface area (Å²) in [5, 5.41) is 5.15. The van der Waals surface area contributed by atoms with Gasteiger partial charge in [0.1, 0.15) is 12.4 Å². The van der Waals surface area contributed by atoms with E-state index in [1.165, 1.54) is 4.68 Å². The molecule has 5 aromatic rings. The summed E-state index contributed by atoms with van der Waals surface area (Å²) in [6, 6.07) is 20.9. The highest BCUT2D eigenvalue weighted by atomic mass is 79.9. The van der Waals surface area contributed by atoms with E-state index in [9.17, 15) is 4.79 Å². The third-order valence-electron chi connectivity index (χ3n) is 7.15. The second-order valence-corrected chi connectivity index (χ2v) is 13.1. The molecule has 226 valence electrons. The van der Waals surface area contributed by atoms with Gasteiger partial charge in [0.05, 0.1) is 35.8 Å². The van der Waals surface area contributed by atoms with Crippen LogP contribution in [0, 0.1) is 6.92 Å². The Kier molecular flexibility index (Phi) is 9.92. The number of aromatic nitrogens is 2. The maximum absolute atomic E-state index is 13.8. The van der Waals surface area contributed by atoms with Gasteiger partial charge in [-0.2, -0.15) is 9.78 Å². The van der Waals surface area contributed by atoms with Crippen LogP contribution in [0.2, 0.25) is 0 Å². The lowest BCUT2D eigenvalue weighted by molar-refractivity contribution is 0.282. The molecular formula is C34H30Br3N3O4.